The summed E-state index contributed by atoms with van der Waals surface area (Å²) in [4.78, 5) is 21.5. The van der Waals surface area contributed by atoms with E-state index in [0.29, 0.717) is 22.8 Å². The molecule has 144 valence electrons. The van der Waals surface area contributed by atoms with Gasteiger partial charge in [-0.1, -0.05) is 29.0 Å². The molecule has 1 aromatic heterocycles. The third-order valence-corrected chi connectivity index (χ3v) is 5.11. The van der Waals surface area contributed by atoms with Gasteiger partial charge in [0.1, 0.15) is 5.82 Å². The van der Waals surface area contributed by atoms with Crippen molar-refractivity contribution in [3.63, 3.8) is 0 Å². The molecule has 0 aliphatic carbocycles. The van der Waals surface area contributed by atoms with E-state index >= 15 is 0 Å². The number of rotatable bonds is 6. The molecular weight excluding hydrogens is 385 g/mol. The van der Waals surface area contributed by atoms with Crippen LogP contribution in [0.15, 0.2) is 42.5 Å². The maximum absolute atomic E-state index is 13.5. The van der Waals surface area contributed by atoms with Gasteiger partial charge in [0, 0.05) is 12.1 Å². The molecule has 0 aliphatic rings. The largest absolute Gasteiger partial charge is 0.309 e. The molecule has 0 unspecified atom stereocenters. The normalized spacial score (nSPS) is 10.9. The number of fused-ring (bicyclic) bond motifs is 1. The number of hydrogen-bond acceptors (Lipinski definition) is 4. The number of amides is 1. The molecule has 1 amide bonds. The van der Waals surface area contributed by atoms with Gasteiger partial charge in [-0.05, 0) is 64.3 Å². The van der Waals surface area contributed by atoms with Gasteiger partial charge >= 0.3 is 0 Å². The molecule has 0 radical (unpaired) electrons. The lowest BCUT2D eigenvalue weighted by molar-refractivity contribution is 0.0986. The molecule has 0 fully saturated rings. The van der Waals surface area contributed by atoms with Crippen LogP contribution in [0.5, 0.6) is 0 Å². The van der Waals surface area contributed by atoms with Gasteiger partial charge in [-0.25, -0.2) is 9.37 Å². The van der Waals surface area contributed by atoms with Crippen LogP contribution in [-0.4, -0.2) is 43.0 Å². The number of carbonyl (C=O) groups excluding carboxylic acids is 1. The highest BCUT2D eigenvalue weighted by Crippen LogP contribution is 2.30. The van der Waals surface area contributed by atoms with Gasteiger partial charge in [0.25, 0.3) is 5.91 Å². The molecule has 0 bridgehead atoms. The van der Waals surface area contributed by atoms with Crippen LogP contribution < -0.4 is 4.90 Å². The van der Waals surface area contributed by atoms with E-state index in [1.165, 1.54) is 23.5 Å². The van der Waals surface area contributed by atoms with Crippen LogP contribution in [0.2, 0.25) is 0 Å². The number of thiazole rings is 1. The van der Waals surface area contributed by atoms with E-state index in [0.717, 1.165) is 23.2 Å². The monoisotopic (exact) mass is 407 g/mol. The molecule has 0 saturated carbocycles. The first-order chi connectivity index (χ1) is 12.4. The fraction of sp³-hybridized carbons (Fsp3) is 0.300. The van der Waals surface area contributed by atoms with Crippen LogP contribution in [0.1, 0.15) is 22.3 Å². The van der Waals surface area contributed by atoms with Gasteiger partial charge < -0.3 is 4.90 Å². The Bertz CT molecular complexity index is 928. The molecular formula is C20H23ClFN3OS. The van der Waals surface area contributed by atoms with E-state index < -0.39 is 0 Å². The van der Waals surface area contributed by atoms with Crippen molar-refractivity contribution in [2.75, 3.05) is 32.1 Å². The van der Waals surface area contributed by atoms with Crippen molar-refractivity contribution in [1.82, 2.24) is 9.88 Å². The number of hydrogen-bond donors (Lipinski definition) is 0. The van der Waals surface area contributed by atoms with Crippen LogP contribution in [-0.2, 0) is 0 Å². The van der Waals surface area contributed by atoms with Gasteiger partial charge in [0.2, 0.25) is 0 Å². The number of benzene rings is 2. The highest BCUT2D eigenvalue weighted by molar-refractivity contribution is 7.22. The summed E-state index contributed by atoms with van der Waals surface area (Å²) >= 11 is 1.35. The zero-order chi connectivity index (χ0) is 18.7. The van der Waals surface area contributed by atoms with Gasteiger partial charge in [-0.3, -0.25) is 9.69 Å². The number of carbonyl (C=O) groups is 1. The summed E-state index contributed by atoms with van der Waals surface area (Å²) in [5, 5.41) is 0.607. The first-order valence-electron chi connectivity index (χ1n) is 8.53. The predicted molar refractivity (Wildman–Crippen MR) is 113 cm³/mol. The predicted octanol–water partition coefficient (Wildman–Crippen LogP) is 4.76. The second-order valence-electron chi connectivity index (χ2n) is 6.59. The maximum atomic E-state index is 13.5. The van der Waals surface area contributed by atoms with Crippen molar-refractivity contribution in [2.24, 2.45) is 0 Å². The van der Waals surface area contributed by atoms with Crippen LogP contribution >= 0.6 is 23.7 Å². The van der Waals surface area contributed by atoms with Gasteiger partial charge in [0.05, 0.1) is 10.2 Å². The molecule has 0 saturated heterocycles. The Labute approximate surface area is 169 Å². The fourth-order valence-corrected chi connectivity index (χ4v) is 3.78. The van der Waals surface area contributed by atoms with Crippen LogP contribution in [0.4, 0.5) is 9.52 Å². The van der Waals surface area contributed by atoms with E-state index in [-0.39, 0.29) is 24.1 Å². The Morgan fingerprint density at radius 3 is 2.63 bits per heavy atom. The smallest absolute Gasteiger partial charge is 0.260 e. The van der Waals surface area contributed by atoms with Crippen molar-refractivity contribution < 1.29 is 9.18 Å². The van der Waals surface area contributed by atoms with E-state index in [4.69, 9.17) is 0 Å². The molecule has 3 rings (SSSR count). The zero-order valence-corrected chi connectivity index (χ0v) is 17.2. The lowest BCUT2D eigenvalue weighted by Crippen LogP contribution is -2.33. The van der Waals surface area contributed by atoms with Gasteiger partial charge in [-0.2, -0.15) is 0 Å². The Morgan fingerprint density at radius 2 is 1.93 bits per heavy atom. The topological polar surface area (TPSA) is 36.4 Å². The average molecular weight is 408 g/mol. The van der Waals surface area contributed by atoms with E-state index in [2.05, 4.69) is 9.88 Å². The van der Waals surface area contributed by atoms with Crippen molar-refractivity contribution in [2.45, 2.75) is 13.3 Å². The first kappa shape index (κ1) is 21.3. The SMILES string of the molecule is Cc1cccc(C(=O)N(CCCN(C)C)c2nc3ccc(F)cc3s2)c1.Cl. The van der Waals surface area contributed by atoms with E-state index in [9.17, 15) is 9.18 Å². The molecule has 0 N–H and O–H groups in total. The lowest BCUT2D eigenvalue weighted by atomic mass is 10.1. The highest BCUT2D eigenvalue weighted by atomic mass is 35.5. The molecule has 7 heteroatoms. The standard InChI is InChI=1S/C20H22FN3OS.ClH/c1-14-6-4-7-15(12-14)19(25)24(11-5-10-23(2)3)20-22-17-9-8-16(21)13-18(17)26-20;/h4,6-9,12-13H,5,10-11H2,1-3H3;1H. The third kappa shape index (κ3) is 5.25. The van der Waals surface area contributed by atoms with Crippen LogP contribution in [0.25, 0.3) is 10.2 Å². The Kier molecular flexibility index (Phi) is 7.30. The summed E-state index contributed by atoms with van der Waals surface area (Å²) in [7, 11) is 4.01. The van der Waals surface area contributed by atoms with Crippen molar-refractivity contribution in [3.8, 4) is 0 Å². The third-order valence-electron chi connectivity index (χ3n) is 4.07. The first-order valence-corrected chi connectivity index (χ1v) is 9.35. The van der Waals surface area contributed by atoms with Crippen molar-refractivity contribution >= 4 is 45.0 Å². The number of aromatic nitrogens is 1. The molecule has 4 nitrogen and oxygen atoms in total. The summed E-state index contributed by atoms with van der Waals surface area (Å²) in [5.41, 5.74) is 2.39. The summed E-state index contributed by atoms with van der Waals surface area (Å²) < 4.78 is 14.2. The Morgan fingerprint density at radius 1 is 1.15 bits per heavy atom. The lowest BCUT2D eigenvalue weighted by Gasteiger charge is -2.21. The second-order valence-corrected chi connectivity index (χ2v) is 7.60. The molecule has 27 heavy (non-hydrogen) atoms. The van der Waals surface area contributed by atoms with Crippen molar-refractivity contribution in [1.29, 1.82) is 0 Å². The maximum Gasteiger partial charge on any atom is 0.260 e. The van der Waals surface area contributed by atoms with Gasteiger partial charge in [-0.15, -0.1) is 12.4 Å². The minimum atomic E-state index is -0.295. The second kappa shape index (κ2) is 9.26. The summed E-state index contributed by atoms with van der Waals surface area (Å²) in [6, 6.07) is 12.1. The molecule has 0 atom stereocenters. The quantitative estimate of drug-likeness (QED) is 0.590. The van der Waals surface area contributed by atoms with E-state index in [1.54, 1.807) is 11.0 Å². The van der Waals surface area contributed by atoms with E-state index in [1.807, 2.05) is 45.3 Å². The summed E-state index contributed by atoms with van der Waals surface area (Å²) in [6.45, 7) is 3.40. The molecule has 1 heterocycles. The number of halogens is 2. The van der Waals surface area contributed by atoms with Crippen molar-refractivity contribution in [3.05, 3.63) is 59.4 Å². The Balaban J connectivity index is 0.00000261. The number of anilines is 1. The number of aryl methyl sites for hydroxylation is 1. The van der Waals surface area contributed by atoms with Gasteiger partial charge in [0.15, 0.2) is 5.13 Å². The number of nitrogens with zero attached hydrogens (tertiary/aromatic N) is 3. The Hall–Kier alpha value is -2.02. The molecule has 3 aromatic rings. The minimum absolute atomic E-state index is 0. The zero-order valence-electron chi connectivity index (χ0n) is 15.6. The molecule has 0 spiro atoms. The van der Waals surface area contributed by atoms with Crippen LogP contribution in [0.3, 0.4) is 0 Å². The fourth-order valence-electron chi connectivity index (χ4n) is 2.76. The summed E-state index contributed by atoms with van der Waals surface area (Å²) in [6.07, 6.45) is 0.828. The molecule has 2 aromatic carbocycles. The summed E-state index contributed by atoms with van der Waals surface area (Å²) in [5.74, 6) is -0.371. The minimum Gasteiger partial charge on any atom is -0.309 e. The average Bonchev–Trinajstić information content (AvgIpc) is 3.00. The molecule has 0 aliphatic heterocycles. The van der Waals surface area contributed by atoms with Crippen LogP contribution in [0, 0.1) is 12.7 Å². The highest BCUT2D eigenvalue weighted by Gasteiger charge is 2.21.